The van der Waals surface area contributed by atoms with Crippen LogP contribution < -0.4 is 10.6 Å². The van der Waals surface area contributed by atoms with Crippen LogP contribution in [0.5, 0.6) is 0 Å². The van der Waals surface area contributed by atoms with Gasteiger partial charge in [-0.2, -0.15) is 0 Å². The Hall–Kier alpha value is -0.570. The van der Waals surface area contributed by atoms with Crippen molar-refractivity contribution >= 4 is 5.91 Å². The molecule has 0 fully saturated rings. The van der Waals surface area contributed by atoms with E-state index in [1.165, 1.54) is 0 Å². The molecule has 0 aliphatic carbocycles. The van der Waals surface area contributed by atoms with Crippen LogP contribution in [0.3, 0.4) is 0 Å². The first kappa shape index (κ1) is 10.4. The highest BCUT2D eigenvalue weighted by molar-refractivity contribution is 5.81. The molecule has 0 aromatic rings. The van der Waals surface area contributed by atoms with E-state index in [2.05, 4.69) is 10.6 Å². The van der Waals surface area contributed by atoms with Crippen LogP contribution in [-0.2, 0) is 4.79 Å². The lowest BCUT2D eigenvalue weighted by molar-refractivity contribution is -0.129. The van der Waals surface area contributed by atoms with E-state index in [1.54, 1.807) is 7.05 Å². The summed E-state index contributed by atoms with van der Waals surface area (Å²) < 4.78 is 0. The summed E-state index contributed by atoms with van der Waals surface area (Å²) in [6.45, 7) is 6.44. The molecule has 0 saturated heterocycles. The molecular formula is C8H18N2O. The SMILES string of the molecule is CCC(C)(C)C(=O)NCNC. The largest absolute Gasteiger partial charge is 0.343 e. The molecule has 3 nitrogen and oxygen atoms in total. The van der Waals surface area contributed by atoms with Gasteiger partial charge in [-0.3, -0.25) is 4.79 Å². The average Bonchev–Trinajstić information content (AvgIpc) is 2.00. The monoisotopic (exact) mass is 158 g/mol. The fourth-order valence-corrected chi connectivity index (χ4v) is 0.569. The Morgan fingerprint density at radius 1 is 1.45 bits per heavy atom. The number of nitrogens with one attached hydrogen (secondary N) is 2. The van der Waals surface area contributed by atoms with E-state index in [0.29, 0.717) is 6.67 Å². The van der Waals surface area contributed by atoms with Crippen molar-refractivity contribution in [1.82, 2.24) is 10.6 Å². The molecule has 11 heavy (non-hydrogen) atoms. The lowest BCUT2D eigenvalue weighted by Gasteiger charge is -2.21. The van der Waals surface area contributed by atoms with E-state index in [9.17, 15) is 4.79 Å². The van der Waals surface area contributed by atoms with Crippen LogP contribution >= 0.6 is 0 Å². The predicted molar refractivity (Wildman–Crippen MR) is 46.1 cm³/mol. The first-order valence-corrected chi connectivity index (χ1v) is 3.97. The molecule has 0 radical (unpaired) electrons. The summed E-state index contributed by atoms with van der Waals surface area (Å²) in [5, 5.41) is 5.64. The Morgan fingerprint density at radius 2 is 2.00 bits per heavy atom. The maximum Gasteiger partial charge on any atom is 0.226 e. The molecule has 0 spiro atoms. The Bertz CT molecular complexity index is 132. The minimum absolute atomic E-state index is 0.106. The van der Waals surface area contributed by atoms with Gasteiger partial charge in [0.05, 0.1) is 6.67 Å². The topological polar surface area (TPSA) is 41.1 Å². The molecule has 66 valence electrons. The Kier molecular flexibility index (Phi) is 4.11. The summed E-state index contributed by atoms with van der Waals surface area (Å²) in [7, 11) is 1.80. The number of carbonyl (C=O) groups excluding carboxylic acids is 1. The quantitative estimate of drug-likeness (QED) is 0.592. The van der Waals surface area contributed by atoms with Crippen molar-refractivity contribution in [2.24, 2.45) is 5.41 Å². The van der Waals surface area contributed by atoms with Crippen molar-refractivity contribution < 1.29 is 4.79 Å². The maximum absolute atomic E-state index is 11.3. The van der Waals surface area contributed by atoms with Crippen molar-refractivity contribution in [2.75, 3.05) is 13.7 Å². The summed E-state index contributed by atoms with van der Waals surface area (Å²) in [5.41, 5.74) is -0.239. The lowest BCUT2D eigenvalue weighted by atomic mass is 9.89. The second kappa shape index (κ2) is 4.34. The number of carbonyl (C=O) groups is 1. The van der Waals surface area contributed by atoms with Gasteiger partial charge in [-0.25, -0.2) is 0 Å². The summed E-state index contributed by atoms with van der Waals surface area (Å²) >= 11 is 0. The number of hydrogen-bond acceptors (Lipinski definition) is 2. The Labute approximate surface area is 68.6 Å². The van der Waals surface area contributed by atoms with E-state index >= 15 is 0 Å². The molecule has 0 aromatic carbocycles. The molecule has 0 saturated carbocycles. The fourth-order valence-electron chi connectivity index (χ4n) is 0.569. The molecule has 3 heteroatoms. The van der Waals surface area contributed by atoms with Gasteiger partial charge >= 0.3 is 0 Å². The van der Waals surface area contributed by atoms with Crippen LogP contribution in [0, 0.1) is 5.41 Å². The molecule has 0 aromatic heterocycles. The summed E-state index contributed by atoms with van der Waals surface area (Å²) in [4.78, 5) is 11.3. The average molecular weight is 158 g/mol. The second-order valence-corrected chi connectivity index (χ2v) is 3.27. The highest BCUT2D eigenvalue weighted by Crippen LogP contribution is 2.18. The highest BCUT2D eigenvalue weighted by atomic mass is 16.2. The van der Waals surface area contributed by atoms with Crippen LogP contribution in [0.25, 0.3) is 0 Å². The summed E-state index contributed by atoms with van der Waals surface area (Å²) in [6.07, 6.45) is 0.864. The molecule has 0 rings (SSSR count). The van der Waals surface area contributed by atoms with E-state index in [0.717, 1.165) is 6.42 Å². The summed E-state index contributed by atoms with van der Waals surface area (Å²) in [6, 6.07) is 0. The second-order valence-electron chi connectivity index (χ2n) is 3.27. The lowest BCUT2D eigenvalue weighted by Crippen LogP contribution is -2.40. The van der Waals surface area contributed by atoms with Crippen molar-refractivity contribution in [2.45, 2.75) is 27.2 Å². The molecule has 2 N–H and O–H groups in total. The standard InChI is InChI=1S/C8H18N2O/c1-5-8(2,3)7(11)10-6-9-4/h9H,5-6H2,1-4H3,(H,10,11). The Balaban J connectivity index is 3.82. The normalized spacial score (nSPS) is 11.3. The molecular weight excluding hydrogens is 140 g/mol. The van der Waals surface area contributed by atoms with Gasteiger partial charge in [0.2, 0.25) is 5.91 Å². The fraction of sp³-hybridized carbons (Fsp3) is 0.875. The molecule has 0 heterocycles. The maximum atomic E-state index is 11.3. The first-order valence-electron chi connectivity index (χ1n) is 3.97. The third kappa shape index (κ3) is 3.37. The van der Waals surface area contributed by atoms with Crippen LogP contribution in [0.2, 0.25) is 0 Å². The highest BCUT2D eigenvalue weighted by Gasteiger charge is 2.24. The molecule has 0 unspecified atom stereocenters. The molecule has 0 atom stereocenters. The third-order valence-electron chi connectivity index (χ3n) is 1.92. The van der Waals surface area contributed by atoms with Gasteiger partial charge in [0, 0.05) is 5.41 Å². The van der Waals surface area contributed by atoms with Gasteiger partial charge in [-0.15, -0.1) is 0 Å². The molecule has 0 bridgehead atoms. The van der Waals surface area contributed by atoms with Crippen LogP contribution in [0.15, 0.2) is 0 Å². The minimum atomic E-state index is -0.239. The van der Waals surface area contributed by atoms with Crippen molar-refractivity contribution in [3.63, 3.8) is 0 Å². The summed E-state index contributed by atoms with van der Waals surface area (Å²) in [5.74, 6) is 0.106. The number of rotatable bonds is 4. The molecule has 1 amide bonds. The van der Waals surface area contributed by atoms with Crippen LogP contribution in [0.4, 0.5) is 0 Å². The zero-order valence-electron chi connectivity index (χ0n) is 7.82. The molecule has 0 aliphatic heterocycles. The van der Waals surface area contributed by atoms with Gasteiger partial charge in [0.15, 0.2) is 0 Å². The smallest absolute Gasteiger partial charge is 0.226 e. The third-order valence-corrected chi connectivity index (χ3v) is 1.92. The molecule has 0 aliphatic rings. The van der Waals surface area contributed by atoms with Crippen molar-refractivity contribution in [3.05, 3.63) is 0 Å². The van der Waals surface area contributed by atoms with E-state index in [4.69, 9.17) is 0 Å². The van der Waals surface area contributed by atoms with Crippen LogP contribution in [-0.4, -0.2) is 19.6 Å². The van der Waals surface area contributed by atoms with E-state index in [-0.39, 0.29) is 11.3 Å². The van der Waals surface area contributed by atoms with Gasteiger partial charge in [0.25, 0.3) is 0 Å². The van der Waals surface area contributed by atoms with Crippen molar-refractivity contribution in [1.29, 1.82) is 0 Å². The van der Waals surface area contributed by atoms with Gasteiger partial charge in [-0.1, -0.05) is 20.8 Å². The predicted octanol–water partition coefficient (Wildman–Crippen LogP) is 0.716. The zero-order chi connectivity index (χ0) is 8.91. The zero-order valence-corrected chi connectivity index (χ0v) is 7.82. The van der Waals surface area contributed by atoms with Gasteiger partial charge in [-0.05, 0) is 13.5 Å². The van der Waals surface area contributed by atoms with E-state index in [1.807, 2.05) is 20.8 Å². The Morgan fingerprint density at radius 3 is 2.36 bits per heavy atom. The number of hydrogen-bond donors (Lipinski definition) is 2. The number of amides is 1. The van der Waals surface area contributed by atoms with Crippen molar-refractivity contribution in [3.8, 4) is 0 Å². The minimum Gasteiger partial charge on any atom is -0.343 e. The van der Waals surface area contributed by atoms with Crippen LogP contribution in [0.1, 0.15) is 27.2 Å². The van der Waals surface area contributed by atoms with Gasteiger partial charge in [0.1, 0.15) is 0 Å². The van der Waals surface area contributed by atoms with E-state index < -0.39 is 0 Å². The first-order chi connectivity index (χ1) is 5.04. The van der Waals surface area contributed by atoms with Gasteiger partial charge < -0.3 is 10.6 Å².